The third-order valence-corrected chi connectivity index (χ3v) is 3.05. The molecular weight excluding hydrogens is 270 g/mol. The summed E-state index contributed by atoms with van der Waals surface area (Å²) in [5, 5.41) is 8.96. The first-order valence-electron chi connectivity index (χ1n) is 6.45. The molecule has 0 aromatic heterocycles. The summed E-state index contributed by atoms with van der Waals surface area (Å²) in [6.07, 6.45) is 0. The van der Waals surface area contributed by atoms with E-state index in [1.807, 2.05) is 30.3 Å². The van der Waals surface area contributed by atoms with Crippen molar-refractivity contribution in [1.82, 2.24) is 0 Å². The van der Waals surface area contributed by atoms with E-state index in [9.17, 15) is 4.79 Å². The highest BCUT2D eigenvalue weighted by Crippen LogP contribution is 2.30. The van der Waals surface area contributed by atoms with E-state index in [2.05, 4.69) is 0 Å². The molecular formula is C16H17NO4. The molecule has 0 spiro atoms. The highest BCUT2D eigenvalue weighted by atomic mass is 16.5. The van der Waals surface area contributed by atoms with Crippen LogP contribution >= 0.6 is 0 Å². The third-order valence-electron chi connectivity index (χ3n) is 3.05. The van der Waals surface area contributed by atoms with E-state index in [0.29, 0.717) is 23.7 Å². The number of benzene rings is 2. The molecule has 3 N–H and O–H groups in total. The number of carbonyl (C=O) groups is 1. The van der Waals surface area contributed by atoms with Crippen molar-refractivity contribution < 1.29 is 19.4 Å². The Morgan fingerprint density at radius 3 is 2.52 bits per heavy atom. The van der Waals surface area contributed by atoms with E-state index in [1.165, 1.54) is 7.11 Å². The molecule has 110 valence electrons. The Morgan fingerprint density at radius 2 is 1.90 bits per heavy atom. The number of methoxy groups -OCH3 is 1. The van der Waals surface area contributed by atoms with Crippen molar-refractivity contribution in [3.63, 3.8) is 0 Å². The lowest BCUT2D eigenvalue weighted by Crippen LogP contribution is -2.20. The fourth-order valence-electron chi connectivity index (χ4n) is 1.88. The van der Waals surface area contributed by atoms with Crippen LogP contribution in [0.2, 0.25) is 0 Å². The third kappa shape index (κ3) is 3.73. The van der Waals surface area contributed by atoms with Gasteiger partial charge in [0.05, 0.1) is 7.11 Å². The standard InChI is InChI=1S/C16H17NO4/c1-20-13-8-7-12(15(17)16(18)19)9-14(13)21-10-11-5-3-2-4-6-11/h2-9,15H,10,17H2,1H3,(H,18,19). The van der Waals surface area contributed by atoms with Crippen LogP contribution in [0.1, 0.15) is 17.2 Å². The molecule has 2 aromatic carbocycles. The maximum absolute atomic E-state index is 10.9. The predicted molar refractivity (Wildman–Crippen MR) is 78.3 cm³/mol. The predicted octanol–water partition coefficient (Wildman–Crippen LogP) is 2.36. The highest BCUT2D eigenvalue weighted by Gasteiger charge is 2.16. The topological polar surface area (TPSA) is 81.8 Å². The van der Waals surface area contributed by atoms with Crippen molar-refractivity contribution in [3.8, 4) is 11.5 Å². The summed E-state index contributed by atoms with van der Waals surface area (Å²) in [6, 6.07) is 13.4. The van der Waals surface area contributed by atoms with Gasteiger partial charge in [-0.05, 0) is 23.3 Å². The van der Waals surface area contributed by atoms with E-state index in [-0.39, 0.29) is 0 Å². The first-order chi connectivity index (χ1) is 10.1. The molecule has 0 fully saturated rings. The Kier molecular flexibility index (Phi) is 4.79. The van der Waals surface area contributed by atoms with Gasteiger partial charge >= 0.3 is 5.97 Å². The van der Waals surface area contributed by atoms with Crippen molar-refractivity contribution in [3.05, 3.63) is 59.7 Å². The van der Waals surface area contributed by atoms with Crippen molar-refractivity contribution in [2.45, 2.75) is 12.6 Å². The molecule has 0 saturated heterocycles. The number of nitrogens with two attached hydrogens (primary N) is 1. The lowest BCUT2D eigenvalue weighted by atomic mass is 10.1. The molecule has 0 aliphatic carbocycles. The molecule has 0 aliphatic rings. The van der Waals surface area contributed by atoms with E-state index in [4.69, 9.17) is 20.3 Å². The largest absolute Gasteiger partial charge is 0.493 e. The molecule has 0 bridgehead atoms. The van der Waals surface area contributed by atoms with Gasteiger partial charge in [-0.25, -0.2) is 0 Å². The second-order valence-electron chi connectivity index (χ2n) is 4.50. The molecule has 5 nitrogen and oxygen atoms in total. The zero-order valence-corrected chi connectivity index (χ0v) is 11.7. The highest BCUT2D eigenvalue weighted by molar-refractivity contribution is 5.75. The molecule has 0 radical (unpaired) electrons. The normalized spacial score (nSPS) is 11.7. The van der Waals surface area contributed by atoms with Gasteiger partial charge in [0.15, 0.2) is 11.5 Å². The molecule has 2 rings (SSSR count). The molecule has 2 aromatic rings. The summed E-state index contributed by atoms with van der Waals surface area (Å²) < 4.78 is 10.9. The SMILES string of the molecule is COc1ccc(C(N)C(=O)O)cc1OCc1ccccc1. The fraction of sp³-hybridized carbons (Fsp3) is 0.188. The first kappa shape index (κ1) is 14.9. The van der Waals surface area contributed by atoms with Crippen molar-refractivity contribution in [1.29, 1.82) is 0 Å². The zero-order chi connectivity index (χ0) is 15.2. The Balaban J connectivity index is 2.20. The maximum atomic E-state index is 10.9. The van der Waals surface area contributed by atoms with Gasteiger partial charge in [-0.2, -0.15) is 0 Å². The number of aliphatic carboxylic acids is 1. The van der Waals surface area contributed by atoms with Crippen LogP contribution in [0.25, 0.3) is 0 Å². The molecule has 0 aliphatic heterocycles. The van der Waals surface area contributed by atoms with E-state index in [1.54, 1.807) is 18.2 Å². The Morgan fingerprint density at radius 1 is 1.19 bits per heavy atom. The van der Waals surface area contributed by atoms with Crippen molar-refractivity contribution in [2.24, 2.45) is 5.73 Å². The average molecular weight is 287 g/mol. The second kappa shape index (κ2) is 6.76. The summed E-state index contributed by atoms with van der Waals surface area (Å²) >= 11 is 0. The summed E-state index contributed by atoms with van der Waals surface area (Å²) in [5.41, 5.74) is 7.08. The van der Waals surface area contributed by atoms with Gasteiger partial charge in [-0.3, -0.25) is 4.79 Å². The van der Waals surface area contributed by atoms with Gasteiger partial charge in [0.1, 0.15) is 12.6 Å². The van der Waals surface area contributed by atoms with Crippen LogP contribution in [-0.4, -0.2) is 18.2 Å². The molecule has 1 unspecified atom stereocenters. The maximum Gasteiger partial charge on any atom is 0.325 e. The summed E-state index contributed by atoms with van der Waals surface area (Å²) in [5.74, 6) is -0.0861. The lowest BCUT2D eigenvalue weighted by Gasteiger charge is -2.14. The van der Waals surface area contributed by atoms with Crippen molar-refractivity contribution >= 4 is 5.97 Å². The van der Waals surface area contributed by atoms with Crippen LogP contribution in [-0.2, 0) is 11.4 Å². The molecule has 0 saturated carbocycles. The molecule has 1 atom stereocenters. The Hall–Kier alpha value is -2.53. The van der Waals surface area contributed by atoms with E-state index >= 15 is 0 Å². The smallest absolute Gasteiger partial charge is 0.325 e. The van der Waals surface area contributed by atoms with Crippen LogP contribution in [0.15, 0.2) is 48.5 Å². The minimum Gasteiger partial charge on any atom is -0.493 e. The van der Waals surface area contributed by atoms with Gasteiger partial charge in [-0.15, -0.1) is 0 Å². The average Bonchev–Trinajstić information content (AvgIpc) is 2.52. The number of rotatable bonds is 6. The fourth-order valence-corrected chi connectivity index (χ4v) is 1.88. The van der Waals surface area contributed by atoms with Gasteiger partial charge in [0.25, 0.3) is 0 Å². The van der Waals surface area contributed by atoms with Gasteiger partial charge in [0, 0.05) is 0 Å². The minimum absolute atomic E-state index is 0.364. The van der Waals surface area contributed by atoms with Crippen LogP contribution in [0.3, 0.4) is 0 Å². The van der Waals surface area contributed by atoms with E-state index < -0.39 is 12.0 Å². The monoisotopic (exact) mass is 287 g/mol. The lowest BCUT2D eigenvalue weighted by molar-refractivity contribution is -0.138. The molecule has 5 heteroatoms. The van der Waals surface area contributed by atoms with Crippen LogP contribution in [0.4, 0.5) is 0 Å². The summed E-state index contributed by atoms with van der Waals surface area (Å²) in [6.45, 7) is 0.364. The van der Waals surface area contributed by atoms with Gasteiger partial charge < -0.3 is 20.3 Å². The van der Waals surface area contributed by atoms with Gasteiger partial charge in [0.2, 0.25) is 0 Å². The van der Waals surface area contributed by atoms with Crippen molar-refractivity contribution in [2.75, 3.05) is 7.11 Å². The molecule has 0 amide bonds. The van der Waals surface area contributed by atoms with Crippen LogP contribution in [0.5, 0.6) is 11.5 Å². The number of ether oxygens (including phenoxy) is 2. The molecule has 21 heavy (non-hydrogen) atoms. The number of hydrogen-bond donors (Lipinski definition) is 2. The minimum atomic E-state index is -1.09. The number of carboxylic acids is 1. The summed E-state index contributed by atoms with van der Waals surface area (Å²) in [4.78, 5) is 10.9. The Labute approximate surface area is 122 Å². The number of hydrogen-bond acceptors (Lipinski definition) is 4. The van der Waals surface area contributed by atoms with Gasteiger partial charge in [-0.1, -0.05) is 36.4 Å². The Bertz CT molecular complexity index is 613. The van der Waals surface area contributed by atoms with Crippen LogP contribution < -0.4 is 15.2 Å². The number of carboxylic acid groups (broad SMARTS) is 1. The van der Waals surface area contributed by atoms with Crippen LogP contribution in [0, 0.1) is 0 Å². The van der Waals surface area contributed by atoms with E-state index in [0.717, 1.165) is 5.56 Å². The first-order valence-corrected chi connectivity index (χ1v) is 6.45. The second-order valence-corrected chi connectivity index (χ2v) is 4.50. The zero-order valence-electron chi connectivity index (χ0n) is 11.7. The quantitative estimate of drug-likeness (QED) is 0.852. The summed E-state index contributed by atoms with van der Waals surface area (Å²) in [7, 11) is 1.53. The molecule has 0 heterocycles.